The fourth-order valence-corrected chi connectivity index (χ4v) is 8.20. The van der Waals surface area contributed by atoms with Gasteiger partial charge in [0.1, 0.15) is 36.3 Å². The zero-order valence-electron chi connectivity index (χ0n) is 68.9. The Balaban J connectivity index is -0.000000230. The summed E-state index contributed by atoms with van der Waals surface area (Å²) in [5.41, 5.74) is 10.5. The van der Waals surface area contributed by atoms with Gasteiger partial charge in [-0.3, -0.25) is 120 Å². The molecule has 2 rings (SSSR count). The predicted molar refractivity (Wildman–Crippen MR) is 392 cm³/mol. The van der Waals surface area contributed by atoms with E-state index >= 15 is 0 Å². The third-order valence-corrected chi connectivity index (χ3v) is 14.8. The van der Waals surface area contributed by atoms with Gasteiger partial charge in [0.05, 0.1) is 170 Å². The van der Waals surface area contributed by atoms with Gasteiger partial charge in [-0.15, -0.1) is 0 Å². The second kappa shape index (κ2) is 70.9. The van der Waals surface area contributed by atoms with Crippen molar-refractivity contribution < 1.29 is 183 Å². The highest BCUT2D eigenvalue weighted by atomic mass is 16.6. The molecule has 0 radical (unpaired) electrons. The molecule has 2 fully saturated rings. The lowest BCUT2D eigenvalue weighted by molar-refractivity contribution is -0.154. The molecule has 2 aliphatic rings. The molecule has 2 amide bonds. The van der Waals surface area contributed by atoms with Crippen molar-refractivity contribution >= 4 is 119 Å². The molecule has 0 spiro atoms. The molecule has 2 aliphatic heterocycles. The van der Waals surface area contributed by atoms with E-state index in [4.69, 9.17) is 31.9 Å². The normalized spacial score (nSPS) is 14.5. The van der Waals surface area contributed by atoms with E-state index in [1.54, 1.807) is 44.9 Å². The van der Waals surface area contributed by atoms with Crippen molar-refractivity contribution in [1.82, 2.24) is 40.4 Å². The third kappa shape index (κ3) is 60.4. The third-order valence-electron chi connectivity index (χ3n) is 14.8. The summed E-state index contributed by atoms with van der Waals surface area (Å²) in [6, 6.07) is -4.02. The van der Waals surface area contributed by atoms with E-state index in [0.29, 0.717) is 19.5 Å². The highest BCUT2D eigenvalue weighted by molar-refractivity contribution is 5.86. The van der Waals surface area contributed by atoms with E-state index in [9.17, 15) is 95.9 Å². The van der Waals surface area contributed by atoms with E-state index < -0.39 is 132 Å². The van der Waals surface area contributed by atoms with Crippen LogP contribution in [0.4, 0.5) is 0 Å². The van der Waals surface area contributed by atoms with Crippen LogP contribution in [0.2, 0.25) is 0 Å². The Morgan fingerprint density at radius 2 is 0.765 bits per heavy atom. The maximum Gasteiger partial charge on any atom is 0.324 e. The monoisotopic (exact) mass is 1670 g/mol. The predicted octanol–water partition coefficient (Wildman–Crippen LogP) is -6.33. The first-order chi connectivity index (χ1) is 53.7. The molecule has 115 heavy (non-hydrogen) atoms. The molecule has 0 saturated carbocycles. The van der Waals surface area contributed by atoms with Crippen molar-refractivity contribution in [2.45, 2.75) is 101 Å². The molecule has 0 aromatic rings. The van der Waals surface area contributed by atoms with Crippen molar-refractivity contribution in [2.75, 3.05) is 201 Å². The Morgan fingerprint density at radius 1 is 0.426 bits per heavy atom. The average Bonchev–Trinajstić information content (AvgIpc) is 0.874. The molecule has 664 valence electrons. The number of hydrogen-bond donors (Lipinski definition) is 9. The minimum atomic E-state index is -1.15. The Morgan fingerprint density at radius 3 is 1.07 bits per heavy atom. The summed E-state index contributed by atoms with van der Waals surface area (Å²) in [6.07, 6.45) is -0.166. The van der Waals surface area contributed by atoms with Gasteiger partial charge in [0.25, 0.3) is 0 Å². The quantitative estimate of drug-likeness (QED) is 0.0210. The first kappa shape index (κ1) is 117. The number of ether oxygens (including phenoxy) is 14. The second-order valence-electron chi connectivity index (χ2n) is 23.0. The molecule has 11 N–H and O–H groups in total. The molecular formula is C67H118N10O38. The fourth-order valence-electron chi connectivity index (χ4n) is 8.20. The van der Waals surface area contributed by atoms with E-state index in [2.05, 4.69) is 82.3 Å². The van der Waals surface area contributed by atoms with Gasteiger partial charge >= 0.3 is 107 Å². The summed E-state index contributed by atoms with van der Waals surface area (Å²) in [6.45, 7) is 2.80. The van der Waals surface area contributed by atoms with Gasteiger partial charge < -0.3 is 114 Å². The summed E-state index contributed by atoms with van der Waals surface area (Å²) in [4.78, 5) is 224. The molecule has 8 unspecified atom stereocenters. The van der Waals surface area contributed by atoms with Crippen molar-refractivity contribution in [1.29, 1.82) is 0 Å². The van der Waals surface area contributed by atoms with E-state index in [1.807, 2.05) is 0 Å². The molecule has 0 aromatic heterocycles. The van der Waals surface area contributed by atoms with Gasteiger partial charge in [-0.05, 0) is 55.1 Å². The number of carboxylic acids is 4. The van der Waals surface area contributed by atoms with Crippen LogP contribution in [-0.2, 0) is 162 Å². The van der Waals surface area contributed by atoms with Crippen LogP contribution < -0.4 is 27.4 Å². The molecule has 0 bridgehead atoms. The SMILES string of the molecule is CCC(=O)OC.CN1CC(=O)NCC1C(=O)O.CNCC(C(=O)OC)N(C)CC(=O)OC.COC(=O)C(CN)N(C)CC(=O)O.COC(=O)C1CNC(=O)CN1C.COC(=O)CC(N)C(=O)OC.COC(=O)CCC(CC(=O)O)C(=O)OC.COC(=O)CCC(CC(=O)OC)C(=O)OC.COC(=O)CN(C)C(CC(=O)O)C(=O)OC. The first-order valence-electron chi connectivity index (χ1n) is 33.8. The number of nitrogens with one attached hydrogen (secondary N) is 3. The number of hydrogen-bond acceptors (Lipinski definition) is 42. The van der Waals surface area contributed by atoms with Gasteiger partial charge in [-0.25, -0.2) is 0 Å². The summed E-state index contributed by atoms with van der Waals surface area (Å²) in [5.74, 6) is -12.5. The van der Waals surface area contributed by atoms with E-state index in [1.165, 1.54) is 121 Å². The van der Waals surface area contributed by atoms with E-state index in [-0.39, 0.29) is 132 Å². The molecule has 2 heterocycles. The molecular weight excluding hydrogens is 1550 g/mol. The number of aliphatic carboxylic acids is 4. The van der Waals surface area contributed by atoms with Crippen molar-refractivity contribution in [3.8, 4) is 0 Å². The Hall–Kier alpha value is -10.9. The van der Waals surface area contributed by atoms with Crippen LogP contribution >= 0.6 is 0 Å². The summed E-state index contributed by atoms with van der Waals surface area (Å²) in [5, 5.41) is 42.1. The number of carbonyl (C=O) groups excluding carboxylic acids is 16. The molecule has 48 heteroatoms. The van der Waals surface area contributed by atoms with Gasteiger partial charge in [0, 0.05) is 45.4 Å². The lowest BCUT2D eigenvalue weighted by Crippen LogP contribution is -2.56. The fraction of sp³-hybridized carbons (Fsp3) is 0.701. The number of piperazine rings is 2. The number of nitrogens with two attached hydrogens (primary N) is 2. The lowest BCUT2D eigenvalue weighted by atomic mass is 10.00. The second-order valence-corrected chi connectivity index (χ2v) is 23.0. The van der Waals surface area contributed by atoms with Gasteiger partial charge in [-0.1, -0.05) is 6.92 Å². The smallest absolute Gasteiger partial charge is 0.324 e. The van der Waals surface area contributed by atoms with Crippen molar-refractivity contribution in [2.24, 2.45) is 23.3 Å². The number of carbonyl (C=O) groups is 20. The topological polar surface area (TPSA) is 656 Å². The molecule has 8 atom stereocenters. The Labute approximate surface area is 665 Å². The van der Waals surface area contributed by atoms with E-state index in [0.717, 1.165) is 7.11 Å². The van der Waals surface area contributed by atoms with Crippen LogP contribution in [0, 0.1) is 11.8 Å². The maximum atomic E-state index is 11.4. The number of likely N-dealkylation sites (N-methyl/N-ethyl adjacent to an activating group) is 6. The maximum absolute atomic E-state index is 11.4. The lowest BCUT2D eigenvalue weighted by Gasteiger charge is -2.29. The van der Waals surface area contributed by atoms with Crippen LogP contribution in [0.15, 0.2) is 0 Å². The minimum absolute atomic E-state index is 0.00352. The first-order valence-corrected chi connectivity index (χ1v) is 33.8. The number of methoxy groups -OCH3 is 14. The average molecular weight is 1670 g/mol. The number of amides is 2. The summed E-state index contributed by atoms with van der Waals surface area (Å²) >= 11 is 0. The summed E-state index contributed by atoms with van der Waals surface area (Å²) < 4.78 is 62.1. The standard InChI is InChI=1S/C10H16O6.C9H18N2O4.C9H15NO6.C9H14O6.C7H14N2O4.C7H12N2O3.C6H10N2O3.C6H11NO4.C4H8O2/c1-14-8(11)5-4-7(10(13)16-3)6-9(12)15-2;1-10-5-7(9(13)15-4)11(2)6-8(12)14-3;1-10(5-8(13)15-2)6(4-7(11)12)9(14)16-3;1-14-8(12)4-3-6(5-7(10)11)9(13)15-2;1-9(4-6(10)11)5(3-8)7(12)13-2;1-9-4-6(10)8-3-5(9)7(11)12-2;1-8-3-5(9)7-2-4(8)6(10)11;1-10-5(8)3-4(7)6(9)11-2;1-3-4(5)6-2/h7H,4-6H2,1-3H3;7,10H,5-6H2,1-4H3;6H,4-5H2,1-3H3,(H,11,12);6H,3-5H2,1-2H3,(H,10,11);5H,3-4,8H2,1-2H3,(H,10,11);5H,3-4H2,1-2H3,(H,8,10);4H,2-3H2,1H3,(H,7,9)(H,10,11);4H,3,7H2,1-2H3;3H2,1-2H3. The van der Waals surface area contributed by atoms with Crippen LogP contribution in [-0.4, -0.2) is 401 Å². The zero-order chi connectivity index (χ0) is 90.8. The Kier molecular flexibility index (Phi) is 72.4. The van der Waals surface area contributed by atoms with Crippen LogP contribution in [0.1, 0.15) is 64.7 Å². The molecule has 48 nitrogen and oxygen atoms in total. The Bertz CT molecular complexity index is 3010. The van der Waals surface area contributed by atoms with Crippen molar-refractivity contribution in [3.05, 3.63) is 0 Å². The number of rotatable bonds is 35. The summed E-state index contributed by atoms with van der Waals surface area (Å²) in [7, 11) is 27.2. The van der Waals surface area contributed by atoms with Crippen LogP contribution in [0.5, 0.6) is 0 Å². The number of nitrogens with zero attached hydrogens (tertiary/aromatic N) is 5. The van der Waals surface area contributed by atoms with Gasteiger partial charge in [-0.2, -0.15) is 0 Å². The van der Waals surface area contributed by atoms with Crippen LogP contribution in [0.25, 0.3) is 0 Å². The number of carboxylic acid groups (broad SMARTS) is 4. The van der Waals surface area contributed by atoms with Crippen LogP contribution in [0.3, 0.4) is 0 Å². The van der Waals surface area contributed by atoms with Gasteiger partial charge in [0.15, 0.2) is 0 Å². The van der Waals surface area contributed by atoms with Crippen molar-refractivity contribution in [3.63, 3.8) is 0 Å². The molecule has 2 saturated heterocycles. The zero-order valence-corrected chi connectivity index (χ0v) is 68.9. The molecule has 0 aromatic carbocycles. The highest BCUT2D eigenvalue weighted by Gasteiger charge is 2.33. The molecule has 0 aliphatic carbocycles. The highest BCUT2D eigenvalue weighted by Crippen LogP contribution is 2.16. The van der Waals surface area contributed by atoms with Gasteiger partial charge in [0.2, 0.25) is 11.8 Å². The minimum Gasteiger partial charge on any atom is -0.481 e. The number of esters is 14. The largest absolute Gasteiger partial charge is 0.481 e.